The van der Waals surface area contributed by atoms with E-state index in [9.17, 15) is 10.1 Å². The predicted molar refractivity (Wildman–Crippen MR) is 70.5 cm³/mol. The van der Waals surface area contributed by atoms with Gasteiger partial charge in [-0.1, -0.05) is 18.2 Å². The zero-order valence-corrected chi connectivity index (χ0v) is 10.9. The molecule has 1 heterocycles. The second-order valence-corrected chi connectivity index (χ2v) is 4.97. The molecule has 1 atom stereocenters. The third kappa shape index (κ3) is 2.86. The maximum atomic E-state index is 11.0. The Balaban J connectivity index is 2.12. The van der Waals surface area contributed by atoms with Gasteiger partial charge < -0.3 is 4.90 Å². The van der Waals surface area contributed by atoms with Crippen LogP contribution in [0, 0.1) is 10.1 Å². The minimum atomic E-state index is -0.296. The summed E-state index contributed by atoms with van der Waals surface area (Å²) in [6.07, 6.45) is 0. The number of nitro benzene ring substituents is 1. The van der Waals surface area contributed by atoms with Crippen LogP contribution in [-0.2, 0) is 6.54 Å². The molecule has 1 aliphatic heterocycles. The molecule has 5 heteroatoms. The average Bonchev–Trinajstić information content (AvgIpc) is 2.33. The molecule has 98 valence electrons. The highest BCUT2D eigenvalue weighted by Crippen LogP contribution is 2.21. The quantitative estimate of drug-likeness (QED) is 0.604. The number of nitro groups is 1. The second kappa shape index (κ2) is 5.46. The van der Waals surface area contributed by atoms with Crippen molar-refractivity contribution in [2.24, 2.45) is 0 Å². The number of hydrogen-bond donors (Lipinski definition) is 0. The molecular formula is C13H19N3O2. The predicted octanol–water partition coefficient (Wildman–Crippen LogP) is 1.73. The molecule has 0 N–H and O–H groups in total. The molecule has 0 saturated carbocycles. The van der Waals surface area contributed by atoms with E-state index < -0.39 is 0 Å². The molecule has 1 fully saturated rings. The summed E-state index contributed by atoms with van der Waals surface area (Å²) in [6.45, 7) is 5.83. The number of rotatable bonds is 3. The summed E-state index contributed by atoms with van der Waals surface area (Å²) >= 11 is 0. The van der Waals surface area contributed by atoms with Crippen LogP contribution in [0.4, 0.5) is 5.69 Å². The smallest absolute Gasteiger partial charge is 0.273 e. The van der Waals surface area contributed by atoms with Gasteiger partial charge in [0, 0.05) is 43.9 Å². The van der Waals surface area contributed by atoms with E-state index in [1.54, 1.807) is 12.1 Å². The van der Waals surface area contributed by atoms with Crippen LogP contribution >= 0.6 is 0 Å². The fraction of sp³-hybridized carbons (Fsp3) is 0.538. The Morgan fingerprint density at radius 1 is 1.39 bits per heavy atom. The molecule has 1 aliphatic rings. The van der Waals surface area contributed by atoms with E-state index in [1.807, 2.05) is 12.1 Å². The number of piperazine rings is 1. The van der Waals surface area contributed by atoms with Crippen molar-refractivity contribution >= 4 is 5.69 Å². The van der Waals surface area contributed by atoms with Crippen LogP contribution < -0.4 is 0 Å². The summed E-state index contributed by atoms with van der Waals surface area (Å²) in [6, 6.07) is 7.45. The lowest BCUT2D eigenvalue weighted by molar-refractivity contribution is -0.385. The molecule has 1 saturated heterocycles. The summed E-state index contributed by atoms with van der Waals surface area (Å²) in [7, 11) is 2.11. The first-order valence-corrected chi connectivity index (χ1v) is 6.23. The van der Waals surface area contributed by atoms with E-state index in [1.165, 1.54) is 0 Å². The highest BCUT2D eigenvalue weighted by molar-refractivity contribution is 5.39. The van der Waals surface area contributed by atoms with E-state index in [0.717, 1.165) is 25.2 Å². The fourth-order valence-electron chi connectivity index (χ4n) is 2.45. The molecule has 0 bridgehead atoms. The van der Waals surface area contributed by atoms with E-state index in [4.69, 9.17) is 0 Å². The van der Waals surface area contributed by atoms with Gasteiger partial charge in [0.25, 0.3) is 5.69 Å². The third-order valence-corrected chi connectivity index (χ3v) is 3.53. The molecule has 5 nitrogen and oxygen atoms in total. The summed E-state index contributed by atoms with van der Waals surface area (Å²) in [4.78, 5) is 15.3. The average molecular weight is 249 g/mol. The molecule has 0 unspecified atom stereocenters. The van der Waals surface area contributed by atoms with Crippen LogP contribution in [0.2, 0.25) is 0 Å². The molecule has 0 spiro atoms. The molecule has 1 aromatic rings. The van der Waals surface area contributed by atoms with Crippen LogP contribution in [0.25, 0.3) is 0 Å². The van der Waals surface area contributed by atoms with Gasteiger partial charge in [-0.05, 0) is 14.0 Å². The van der Waals surface area contributed by atoms with Crippen LogP contribution in [0.5, 0.6) is 0 Å². The van der Waals surface area contributed by atoms with Crippen LogP contribution in [0.3, 0.4) is 0 Å². The number of hydrogen-bond acceptors (Lipinski definition) is 4. The van der Waals surface area contributed by atoms with Gasteiger partial charge in [-0.2, -0.15) is 0 Å². The zero-order valence-electron chi connectivity index (χ0n) is 10.9. The largest absolute Gasteiger partial charge is 0.304 e. The topological polar surface area (TPSA) is 49.6 Å². The minimum Gasteiger partial charge on any atom is -0.304 e. The van der Waals surface area contributed by atoms with Crippen molar-refractivity contribution in [3.8, 4) is 0 Å². The van der Waals surface area contributed by atoms with Crippen LogP contribution in [0.1, 0.15) is 12.5 Å². The van der Waals surface area contributed by atoms with E-state index in [0.29, 0.717) is 12.6 Å². The lowest BCUT2D eigenvalue weighted by Gasteiger charge is -2.38. The monoisotopic (exact) mass is 249 g/mol. The Kier molecular flexibility index (Phi) is 3.93. The number of para-hydroxylation sites is 1. The molecule has 0 amide bonds. The van der Waals surface area contributed by atoms with Crippen molar-refractivity contribution < 1.29 is 4.92 Å². The van der Waals surface area contributed by atoms with Gasteiger partial charge in [-0.15, -0.1) is 0 Å². The number of likely N-dealkylation sites (N-methyl/N-ethyl adjacent to an activating group) is 1. The van der Waals surface area contributed by atoms with E-state index in [-0.39, 0.29) is 10.6 Å². The standard InChI is InChI=1S/C13H19N3O2/c1-11-9-14(2)7-8-15(11)10-12-5-3-4-6-13(12)16(17)18/h3-6,11H,7-10H2,1-2H3/t11-/m0/s1. The Morgan fingerprint density at radius 3 is 2.78 bits per heavy atom. The first kappa shape index (κ1) is 13.0. The molecule has 0 aromatic heterocycles. The fourth-order valence-corrected chi connectivity index (χ4v) is 2.45. The van der Waals surface area contributed by atoms with Gasteiger partial charge in [0.2, 0.25) is 0 Å². The molecule has 18 heavy (non-hydrogen) atoms. The summed E-state index contributed by atoms with van der Waals surface area (Å²) < 4.78 is 0. The summed E-state index contributed by atoms with van der Waals surface area (Å²) in [5.74, 6) is 0. The molecule has 1 aromatic carbocycles. The van der Waals surface area contributed by atoms with Crippen LogP contribution in [0.15, 0.2) is 24.3 Å². The molecule has 0 aliphatic carbocycles. The van der Waals surface area contributed by atoms with Gasteiger partial charge in [0.15, 0.2) is 0 Å². The lowest BCUT2D eigenvalue weighted by atomic mass is 10.1. The van der Waals surface area contributed by atoms with Crippen molar-refractivity contribution in [1.82, 2.24) is 9.80 Å². The molecular weight excluding hydrogens is 230 g/mol. The van der Waals surface area contributed by atoms with Crippen molar-refractivity contribution in [3.63, 3.8) is 0 Å². The van der Waals surface area contributed by atoms with Crippen molar-refractivity contribution in [3.05, 3.63) is 39.9 Å². The van der Waals surface area contributed by atoms with E-state index >= 15 is 0 Å². The Bertz CT molecular complexity index is 436. The van der Waals surface area contributed by atoms with Crippen LogP contribution in [-0.4, -0.2) is 47.4 Å². The highest BCUT2D eigenvalue weighted by Gasteiger charge is 2.23. The Morgan fingerprint density at radius 2 is 2.11 bits per heavy atom. The third-order valence-electron chi connectivity index (χ3n) is 3.53. The number of benzene rings is 1. The zero-order chi connectivity index (χ0) is 13.1. The minimum absolute atomic E-state index is 0.226. The normalized spacial score (nSPS) is 22.0. The second-order valence-electron chi connectivity index (χ2n) is 4.97. The highest BCUT2D eigenvalue weighted by atomic mass is 16.6. The summed E-state index contributed by atoms with van der Waals surface area (Å²) in [5, 5.41) is 11.0. The van der Waals surface area contributed by atoms with Gasteiger partial charge in [0.05, 0.1) is 4.92 Å². The van der Waals surface area contributed by atoms with Crippen molar-refractivity contribution in [2.75, 3.05) is 26.7 Å². The van der Waals surface area contributed by atoms with Gasteiger partial charge in [0.1, 0.15) is 0 Å². The van der Waals surface area contributed by atoms with E-state index in [2.05, 4.69) is 23.8 Å². The van der Waals surface area contributed by atoms with Gasteiger partial charge in [-0.25, -0.2) is 0 Å². The van der Waals surface area contributed by atoms with Gasteiger partial charge in [-0.3, -0.25) is 15.0 Å². The first-order chi connectivity index (χ1) is 8.58. The maximum Gasteiger partial charge on any atom is 0.273 e. The first-order valence-electron chi connectivity index (χ1n) is 6.23. The van der Waals surface area contributed by atoms with Gasteiger partial charge >= 0.3 is 0 Å². The van der Waals surface area contributed by atoms with Crippen molar-refractivity contribution in [2.45, 2.75) is 19.5 Å². The number of nitrogens with zero attached hydrogens (tertiary/aromatic N) is 3. The maximum absolute atomic E-state index is 11.0. The molecule has 2 rings (SSSR count). The van der Waals surface area contributed by atoms with Crippen molar-refractivity contribution in [1.29, 1.82) is 0 Å². The Hall–Kier alpha value is -1.46. The Labute approximate surface area is 107 Å². The summed E-state index contributed by atoms with van der Waals surface area (Å²) in [5.41, 5.74) is 1.03. The SMILES string of the molecule is C[C@H]1CN(C)CCN1Cc1ccccc1[N+](=O)[O-]. The lowest BCUT2D eigenvalue weighted by Crippen LogP contribution is -2.49. The molecule has 0 radical (unpaired) electrons.